The Hall–Kier alpha value is -1.92. The van der Waals surface area contributed by atoms with Crippen molar-refractivity contribution in [2.75, 3.05) is 25.7 Å². The van der Waals surface area contributed by atoms with Crippen LogP contribution in [0.1, 0.15) is 29.7 Å². The van der Waals surface area contributed by atoms with E-state index in [-0.39, 0.29) is 10.9 Å². The molecule has 0 radical (unpaired) electrons. The Morgan fingerprint density at radius 3 is 2.40 bits per heavy atom. The number of rotatable bonds is 6. The fourth-order valence-electron chi connectivity index (χ4n) is 2.82. The average Bonchev–Trinajstić information content (AvgIpc) is 2.44. The minimum Gasteiger partial charge on any atom is -0.379 e. The smallest absolute Gasteiger partial charge is 0.178 e. The van der Waals surface area contributed by atoms with Crippen LogP contribution in [0.5, 0.6) is 0 Å². The number of nitrogens with one attached hydrogen (secondary N) is 1. The van der Waals surface area contributed by atoms with Gasteiger partial charge in [0.2, 0.25) is 0 Å². The number of nitrogens with zero attached hydrogens (tertiary/aromatic N) is 1. The highest BCUT2D eigenvalue weighted by atomic mass is 32.2. The second-order valence-corrected chi connectivity index (χ2v) is 8.76. The molecule has 2 aromatic carbocycles. The molecule has 1 N–H and O–H groups in total. The Morgan fingerprint density at radius 1 is 1.16 bits per heavy atom. The lowest BCUT2D eigenvalue weighted by Crippen LogP contribution is -2.12. The van der Waals surface area contributed by atoms with Gasteiger partial charge in [-0.15, -0.1) is 0 Å². The number of hydrogen-bond acceptors (Lipinski definition) is 4. The van der Waals surface area contributed by atoms with Gasteiger partial charge in [-0.3, -0.25) is 0 Å². The van der Waals surface area contributed by atoms with Crippen LogP contribution in [0, 0.1) is 12.7 Å². The van der Waals surface area contributed by atoms with Crippen molar-refractivity contribution in [2.24, 2.45) is 0 Å². The zero-order chi connectivity index (χ0) is 18.8. The molecule has 1 unspecified atom stereocenters. The Labute approximate surface area is 149 Å². The third-order valence-corrected chi connectivity index (χ3v) is 5.00. The van der Waals surface area contributed by atoms with E-state index in [9.17, 15) is 12.8 Å². The quantitative estimate of drug-likeness (QED) is 0.848. The van der Waals surface area contributed by atoms with Crippen molar-refractivity contribution in [1.29, 1.82) is 0 Å². The van der Waals surface area contributed by atoms with Crippen molar-refractivity contribution in [2.45, 2.75) is 31.3 Å². The third kappa shape index (κ3) is 5.28. The Morgan fingerprint density at radius 2 is 1.84 bits per heavy atom. The fourth-order valence-corrected chi connectivity index (χ4v) is 3.55. The molecule has 0 bridgehead atoms. The number of aryl methyl sites for hydroxylation is 1. The van der Waals surface area contributed by atoms with Crippen LogP contribution in [-0.2, 0) is 16.4 Å². The van der Waals surface area contributed by atoms with Gasteiger partial charge in [0.1, 0.15) is 10.7 Å². The van der Waals surface area contributed by atoms with Crippen molar-refractivity contribution in [3.05, 3.63) is 58.9 Å². The predicted octanol–water partition coefficient (Wildman–Crippen LogP) is 3.77. The lowest BCUT2D eigenvalue weighted by molar-refractivity contribution is 0.402. The number of sulfone groups is 1. The van der Waals surface area contributed by atoms with Crippen LogP contribution >= 0.6 is 0 Å². The summed E-state index contributed by atoms with van der Waals surface area (Å²) in [6, 6.07) is 10.3. The predicted molar refractivity (Wildman–Crippen MR) is 100 cm³/mol. The van der Waals surface area contributed by atoms with Gasteiger partial charge < -0.3 is 10.2 Å². The molecule has 2 rings (SSSR count). The maximum absolute atomic E-state index is 14.1. The zero-order valence-electron chi connectivity index (χ0n) is 15.3. The lowest BCUT2D eigenvalue weighted by atomic mass is 10.1. The molecule has 0 aliphatic rings. The van der Waals surface area contributed by atoms with Gasteiger partial charge in [0, 0.05) is 24.5 Å². The zero-order valence-corrected chi connectivity index (χ0v) is 16.1. The summed E-state index contributed by atoms with van der Waals surface area (Å²) in [6.07, 6.45) is 1.01. The van der Waals surface area contributed by atoms with Gasteiger partial charge in [-0.2, -0.15) is 0 Å². The van der Waals surface area contributed by atoms with E-state index in [1.165, 1.54) is 17.7 Å². The van der Waals surface area contributed by atoms with E-state index in [2.05, 4.69) is 22.3 Å². The van der Waals surface area contributed by atoms with Crippen molar-refractivity contribution in [1.82, 2.24) is 4.90 Å². The van der Waals surface area contributed by atoms with Crippen molar-refractivity contribution >= 4 is 15.5 Å². The molecule has 0 saturated carbocycles. The normalized spacial score (nSPS) is 13.1. The van der Waals surface area contributed by atoms with E-state index in [4.69, 9.17) is 0 Å². The van der Waals surface area contributed by atoms with Crippen LogP contribution in [0.3, 0.4) is 0 Å². The van der Waals surface area contributed by atoms with Crippen molar-refractivity contribution < 1.29 is 12.8 Å². The summed E-state index contributed by atoms with van der Waals surface area (Å²) < 4.78 is 37.2. The van der Waals surface area contributed by atoms with E-state index >= 15 is 0 Å². The van der Waals surface area contributed by atoms with Gasteiger partial charge in [0.15, 0.2) is 9.84 Å². The summed E-state index contributed by atoms with van der Waals surface area (Å²) in [4.78, 5) is 1.83. The van der Waals surface area contributed by atoms with Crippen LogP contribution < -0.4 is 5.32 Å². The summed E-state index contributed by atoms with van der Waals surface area (Å²) >= 11 is 0. The molecular weight excluding hydrogens is 339 g/mol. The summed E-state index contributed by atoms with van der Waals surface area (Å²) in [7, 11) is 0.478. The minimum atomic E-state index is -3.56. The van der Waals surface area contributed by atoms with Crippen molar-refractivity contribution in [3.63, 3.8) is 0 Å². The fraction of sp³-hybridized carbons (Fsp3) is 0.368. The number of halogens is 1. The van der Waals surface area contributed by atoms with E-state index in [1.54, 1.807) is 6.07 Å². The van der Waals surface area contributed by atoms with Crippen LogP contribution in [0.15, 0.2) is 41.3 Å². The highest BCUT2D eigenvalue weighted by Crippen LogP contribution is 2.24. The Balaban J connectivity index is 2.24. The summed E-state index contributed by atoms with van der Waals surface area (Å²) in [5.74, 6) is -0.716. The number of anilines is 1. The molecule has 0 aliphatic heterocycles. The van der Waals surface area contributed by atoms with Gasteiger partial charge in [-0.1, -0.05) is 12.1 Å². The second kappa shape index (κ2) is 7.54. The maximum Gasteiger partial charge on any atom is 0.178 e. The van der Waals surface area contributed by atoms with E-state index in [1.807, 2.05) is 34.0 Å². The van der Waals surface area contributed by atoms with Crippen LogP contribution in [-0.4, -0.2) is 33.7 Å². The summed E-state index contributed by atoms with van der Waals surface area (Å²) in [5.41, 5.74) is 3.99. The molecule has 0 spiro atoms. The molecule has 25 heavy (non-hydrogen) atoms. The molecule has 0 saturated heterocycles. The second-order valence-electron chi connectivity index (χ2n) is 6.77. The lowest BCUT2D eigenvalue weighted by Gasteiger charge is -2.18. The monoisotopic (exact) mass is 364 g/mol. The summed E-state index contributed by atoms with van der Waals surface area (Å²) in [6.45, 7) is 4.79. The molecular formula is C19H25FN2O2S. The Kier molecular flexibility index (Phi) is 5.85. The molecule has 6 heteroatoms. The van der Waals surface area contributed by atoms with E-state index in [0.29, 0.717) is 5.56 Å². The summed E-state index contributed by atoms with van der Waals surface area (Å²) in [5, 5.41) is 3.36. The van der Waals surface area contributed by atoms with E-state index < -0.39 is 15.7 Å². The van der Waals surface area contributed by atoms with Crippen molar-refractivity contribution in [3.8, 4) is 0 Å². The van der Waals surface area contributed by atoms with Gasteiger partial charge in [0.25, 0.3) is 0 Å². The molecule has 2 aromatic rings. The first-order chi connectivity index (χ1) is 11.6. The minimum absolute atomic E-state index is 0.155. The van der Waals surface area contributed by atoms with Gasteiger partial charge in [0.05, 0.1) is 0 Å². The van der Waals surface area contributed by atoms with Gasteiger partial charge in [-0.25, -0.2) is 12.8 Å². The highest BCUT2D eigenvalue weighted by molar-refractivity contribution is 7.90. The largest absolute Gasteiger partial charge is 0.379 e. The molecule has 1 atom stereocenters. The van der Waals surface area contributed by atoms with Gasteiger partial charge in [-0.05, 0) is 68.9 Å². The Bertz CT molecular complexity index is 864. The van der Waals surface area contributed by atoms with Gasteiger partial charge >= 0.3 is 0 Å². The molecule has 4 nitrogen and oxygen atoms in total. The number of benzene rings is 2. The first kappa shape index (κ1) is 19.4. The first-order valence-corrected chi connectivity index (χ1v) is 9.97. The molecule has 0 heterocycles. The number of hydrogen-bond donors (Lipinski definition) is 1. The maximum atomic E-state index is 14.1. The van der Waals surface area contributed by atoms with E-state index in [0.717, 1.165) is 24.1 Å². The van der Waals surface area contributed by atoms with Crippen LogP contribution in [0.25, 0.3) is 0 Å². The first-order valence-electron chi connectivity index (χ1n) is 8.07. The molecule has 0 aliphatic carbocycles. The highest BCUT2D eigenvalue weighted by Gasteiger charge is 2.16. The van der Waals surface area contributed by atoms with Crippen LogP contribution in [0.4, 0.5) is 10.1 Å². The SMILES string of the molecule is Cc1cc(CN(C)C)cc(NC(C)c2ccc(S(C)(=O)=O)c(F)c2)c1. The molecule has 0 amide bonds. The average molecular weight is 364 g/mol. The molecule has 0 fully saturated rings. The van der Waals surface area contributed by atoms with Crippen LogP contribution in [0.2, 0.25) is 0 Å². The standard InChI is InChI=1S/C19H25FN2O2S/c1-13-8-15(12-22(3)4)10-17(9-13)21-14(2)16-6-7-19(18(20)11-16)25(5,23)24/h6-11,14,21H,12H2,1-5H3. The molecule has 136 valence electrons. The third-order valence-electron chi connectivity index (χ3n) is 3.87. The topological polar surface area (TPSA) is 49.4 Å². The molecule has 0 aromatic heterocycles.